The number of fused-ring (bicyclic) bond motifs is 1. The van der Waals surface area contributed by atoms with Crippen molar-refractivity contribution >= 4 is 31.6 Å². The Hall–Kier alpha value is -1.02. The number of nitrogens with one attached hydrogen (secondary N) is 1. The fourth-order valence-corrected chi connectivity index (χ4v) is 4.87. The van der Waals surface area contributed by atoms with Gasteiger partial charge in [-0.25, -0.2) is 8.42 Å². The molecular formula is C13H17N3O2S2. The van der Waals surface area contributed by atoms with Crippen LogP contribution in [-0.4, -0.2) is 43.9 Å². The highest BCUT2D eigenvalue weighted by molar-refractivity contribution is 7.89. The van der Waals surface area contributed by atoms with Crippen molar-refractivity contribution in [1.29, 1.82) is 0 Å². The standard InChI is InChI=1S/C13H17N3O2S2/c1-14-10-3-2-5-16(9-10)20(17,18)11-7-13-12(15-8-11)4-6-19-13/h4,6-8,10,14H,2-3,5,9H2,1H3. The van der Waals surface area contributed by atoms with Gasteiger partial charge in [0.15, 0.2) is 0 Å². The van der Waals surface area contributed by atoms with Gasteiger partial charge < -0.3 is 5.32 Å². The molecule has 1 unspecified atom stereocenters. The maximum Gasteiger partial charge on any atom is 0.244 e. The minimum absolute atomic E-state index is 0.233. The molecule has 108 valence electrons. The molecule has 0 spiro atoms. The summed E-state index contributed by atoms with van der Waals surface area (Å²) >= 11 is 1.51. The van der Waals surface area contributed by atoms with E-state index in [1.807, 2.05) is 18.5 Å². The molecule has 1 N–H and O–H groups in total. The Kier molecular flexibility index (Phi) is 3.76. The molecule has 5 nitrogen and oxygen atoms in total. The van der Waals surface area contributed by atoms with Crippen molar-refractivity contribution < 1.29 is 8.42 Å². The number of aromatic nitrogens is 1. The molecule has 1 saturated heterocycles. The fraction of sp³-hybridized carbons (Fsp3) is 0.462. The summed E-state index contributed by atoms with van der Waals surface area (Å²) in [5, 5.41) is 5.09. The van der Waals surface area contributed by atoms with Crippen molar-refractivity contribution in [3.63, 3.8) is 0 Å². The Balaban J connectivity index is 1.94. The van der Waals surface area contributed by atoms with Crippen LogP contribution in [0.5, 0.6) is 0 Å². The topological polar surface area (TPSA) is 62.3 Å². The van der Waals surface area contributed by atoms with E-state index in [4.69, 9.17) is 0 Å². The number of pyridine rings is 1. The lowest BCUT2D eigenvalue weighted by Crippen LogP contribution is -2.46. The summed E-state index contributed by atoms with van der Waals surface area (Å²) in [6.45, 7) is 1.12. The summed E-state index contributed by atoms with van der Waals surface area (Å²) < 4.78 is 27.8. The molecule has 0 saturated carbocycles. The molecule has 1 aliphatic rings. The second-order valence-electron chi connectivity index (χ2n) is 4.97. The van der Waals surface area contributed by atoms with E-state index in [0.29, 0.717) is 18.0 Å². The van der Waals surface area contributed by atoms with Gasteiger partial charge in [-0.3, -0.25) is 4.98 Å². The number of hydrogen-bond acceptors (Lipinski definition) is 5. The first-order chi connectivity index (χ1) is 9.61. The van der Waals surface area contributed by atoms with E-state index in [1.165, 1.54) is 17.5 Å². The van der Waals surface area contributed by atoms with Crippen LogP contribution in [0.25, 0.3) is 10.2 Å². The lowest BCUT2D eigenvalue weighted by atomic mass is 10.1. The second-order valence-corrected chi connectivity index (χ2v) is 7.85. The van der Waals surface area contributed by atoms with Crippen LogP contribution in [-0.2, 0) is 10.0 Å². The average Bonchev–Trinajstić information content (AvgIpc) is 2.94. The molecule has 3 heterocycles. The zero-order valence-electron chi connectivity index (χ0n) is 11.2. The summed E-state index contributed by atoms with van der Waals surface area (Å²) in [7, 11) is -1.56. The maximum atomic E-state index is 12.7. The van der Waals surface area contributed by atoms with Crippen LogP contribution in [0, 0.1) is 0 Å². The summed E-state index contributed by atoms with van der Waals surface area (Å²) in [6.07, 6.45) is 3.37. The molecule has 0 bridgehead atoms. The summed E-state index contributed by atoms with van der Waals surface area (Å²) in [5.74, 6) is 0. The van der Waals surface area contributed by atoms with Crippen molar-refractivity contribution in [2.45, 2.75) is 23.8 Å². The van der Waals surface area contributed by atoms with Gasteiger partial charge in [0.1, 0.15) is 4.90 Å². The largest absolute Gasteiger partial charge is 0.316 e. The number of likely N-dealkylation sites (N-methyl/N-ethyl adjacent to an activating group) is 1. The number of hydrogen-bond donors (Lipinski definition) is 1. The first kappa shape index (κ1) is 13.9. The molecule has 2 aromatic heterocycles. The molecule has 1 aliphatic heterocycles. The van der Waals surface area contributed by atoms with E-state index in [2.05, 4.69) is 10.3 Å². The summed E-state index contributed by atoms with van der Waals surface area (Å²) in [5.41, 5.74) is 0.848. The van der Waals surface area contributed by atoms with Crippen LogP contribution in [0.2, 0.25) is 0 Å². The number of thiophene rings is 1. The zero-order chi connectivity index (χ0) is 14.2. The van der Waals surface area contributed by atoms with Gasteiger partial charge in [0.25, 0.3) is 0 Å². The van der Waals surface area contributed by atoms with Gasteiger partial charge in [0.2, 0.25) is 10.0 Å². The number of rotatable bonds is 3. The summed E-state index contributed by atoms with van der Waals surface area (Å²) in [6, 6.07) is 3.86. The van der Waals surface area contributed by atoms with Crippen LogP contribution in [0.4, 0.5) is 0 Å². The number of piperidine rings is 1. The Morgan fingerprint density at radius 3 is 3.15 bits per heavy atom. The zero-order valence-corrected chi connectivity index (χ0v) is 12.9. The van der Waals surface area contributed by atoms with Crippen molar-refractivity contribution in [3.8, 4) is 0 Å². The molecular weight excluding hydrogens is 294 g/mol. The van der Waals surface area contributed by atoms with Gasteiger partial charge in [-0.2, -0.15) is 4.31 Å². The van der Waals surface area contributed by atoms with Crippen LogP contribution >= 0.6 is 11.3 Å². The molecule has 0 amide bonds. The molecule has 7 heteroatoms. The maximum absolute atomic E-state index is 12.7. The molecule has 2 aromatic rings. The minimum Gasteiger partial charge on any atom is -0.316 e. The van der Waals surface area contributed by atoms with E-state index in [0.717, 1.165) is 23.1 Å². The van der Waals surface area contributed by atoms with E-state index in [-0.39, 0.29) is 6.04 Å². The lowest BCUT2D eigenvalue weighted by molar-refractivity contribution is 0.293. The molecule has 0 aliphatic carbocycles. The lowest BCUT2D eigenvalue weighted by Gasteiger charge is -2.31. The van der Waals surface area contributed by atoms with Gasteiger partial charge in [0, 0.05) is 25.3 Å². The monoisotopic (exact) mass is 311 g/mol. The predicted molar refractivity (Wildman–Crippen MR) is 80.5 cm³/mol. The van der Waals surface area contributed by atoms with Gasteiger partial charge in [-0.15, -0.1) is 11.3 Å². The first-order valence-corrected chi connectivity index (χ1v) is 8.94. The quantitative estimate of drug-likeness (QED) is 0.936. The molecule has 0 aromatic carbocycles. The van der Waals surface area contributed by atoms with Crippen molar-refractivity contribution in [1.82, 2.24) is 14.6 Å². The predicted octanol–water partition coefficient (Wildman–Crippen LogP) is 1.67. The Morgan fingerprint density at radius 2 is 2.35 bits per heavy atom. The van der Waals surface area contributed by atoms with Crippen LogP contribution in [0.1, 0.15) is 12.8 Å². The number of nitrogens with zero attached hydrogens (tertiary/aromatic N) is 2. The highest BCUT2D eigenvalue weighted by Crippen LogP contribution is 2.25. The van der Waals surface area contributed by atoms with Crippen molar-refractivity contribution in [3.05, 3.63) is 23.7 Å². The van der Waals surface area contributed by atoms with Crippen LogP contribution in [0.3, 0.4) is 0 Å². The second kappa shape index (κ2) is 5.40. The number of sulfonamides is 1. The van der Waals surface area contributed by atoms with Gasteiger partial charge in [-0.05, 0) is 37.4 Å². The Bertz CT molecular complexity index is 711. The molecule has 1 atom stereocenters. The minimum atomic E-state index is -3.44. The van der Waals surface area contributed by atoms with E-state index >= 15 is 0 Å². The van der Waals surface area contributed by atoms with Crippen molar-refractivity contribution in [2.24, 2.45) is 0 Å². The van der Waals surface area contributed by atoms with E-state index < -0.39 is 10.0 Å². The molecule has 0 radical (unpaired) electrons. The third-order valence-electron chi connectivity index (χ3n) is 3.71. The van der Waals surface area contributed by atoms with E-state index in [9.17, 15) is 8.42 Å². The first-order valence-electron chi connectivity index (χ1n) is 6.62. The van der Waals surface area contributed by atoms with E-state index in [1.54, 1.807) is 10.4 Å². The normalized spacial score (nSPS) is 21.4. The van der Waals surface area contributed by atoms with Gasteiger partial charge in [-0.1, -0.05) is 0 Å². The highest BCUT2D eigenvalue weighted by atomic mass is 32.2. The highest BCUT2D eigenvalue weighted by Gasteiger charge is 2.30. The Morgan fingerprint density at radius 1 is 1.50 bits per heavy atom. The van der Waals surface area contributed by atoms with Gasteiger partial charge in [0.05, 0.1) is 10.2 Å². The smallest absolute Gasteiger partial charge is 0.244 e. The molecule has 3 rings (SSSR count). The fourth-order valence-electron chi connectivity index (χ4n) is 2.52. The summed E-state index contributed by atoms with van der Waals surface area (Å²) in [4.78, 5) is 4.53. The van der Waals surface area contributed by atoms with Crippen LogP contribution < -0.4 is 5.32 Å². The molecule has 20 heavy (non-hydrogen) atoms. The third kappa shape index (κ3) is 2.46. The van der Waals surface area contributed by atoms with Crippen molar-refractivity contribution in [2.75, 3.05) is 20.1 Å². The Labute approximate surface area is 122 Å². The average molecular weight is 311 g/mol. The van der Waals surface area contributed by atoms with Crippen LogP contribution in [0.15, 0.2) is 28.6 Å². The SMILES string of the molecule is CNC1CCCN(S(=O)(=O)c2cnc3ccsc3c2)C1. The molecule has 1 fully saturated rings. The third-order valence-corrected chi connectivity index (χ3v) is 6.39. The van der Waals surface area contributed by atoms with Gasteiger partial charge >= 0.3 is 0 Å².